The molecule has 148 valence electrons. The van der Waals surface area contributed by atoms with Crippen LogP contribution in [-0.2, 0) is 14.8 Å². The number of amides is 1. The third-order valence-corrected chi connectivity index (χ3v) is 7.01. The fourth-order valence-corrected chi connectivity index (χ4v) is 5.07. The Morgan fingerprint density at radius 3 is 2.48 bits per heavy atom. The molecular weight excluding hydrogens is 372 g/mol. The molecule has 2 heterocycles. The molecule has 0 aliphatic carbocycles. The van der Waals surface area contributed by atoms with E-state index in [-0.39, 0.29) is 35.0 Å². The molecule has 2 N–H and O–H groups in total. The molecule has 0 spiro atoms. The zero-order valence-electron chi connectivity index (χ0n) is 15.0. The van der Waals surface area contributed by atoms with E-state index in [4.69, 9.17) is 0 Å². The Kier molecular flexibility index (Phi) is 6.08. The first kappa shape index (κ1) is 19.7. The van der Waals surface area contributed by atoms with Gasteiger partial charge >= 0.3 is 0 Å². The Hall–Kier alpha value is -2.04. The van der Waals surface area contributed by atoms with Gasteiger partial charge in [0.15, 0.2) is 0 Å². The number of hydrogen-bond donors (Lipinski definition) is 2. The largest absolute Gasteiger partial charge is 0.353 e. The minimum atomic E-state index is -3.78. The molecule has 1 aromatic carbocycles. The van der Waals surface area contributed by atoms with Gasteiger partial charge in [0.05, 0.1) is 15.7 Å². The first-order valence-corrected chi connectivity index (χ1v) is 10.6. The SMILES string of the molecule is O=C(NC1CCNCC1)C1CCCN(S(=O)(=O)c2ccc([N+](=O)[O-])cc2)C1. The summed E-state index contributed by atoms with van der Waals surface area (Å²) in [6.07, 6.45) is 3.02. The van der Waals surface area contributed by atoms with Crippen molar-refractivity contribution < 1.29 is 18.1 Å². The standard InChI is InChI=1S/C17H24N4O5S/c22-17(19-14-7-9-18-10-8-14)13-2-1-11-20(12-13)27(25,26)16-5-3-15(4-6-16)21(23)24/h3-6,13-14,18H,1-2,7-12H2,(H,19,22). The minimum absolute atomic E-state index is 0.00696. The smallest absolute Gasteiger partial charge is 0.269 e. The van der Waals surface area contributed by atoms with Crippen molar-refractivity contribution in [2.24, 2.45) is 5.92 Å². The second-order valence-electron chi connectivity index (χ2n) is 6.99. The van der Waals surface area contributed by atoms with Crippen LogP contribution in [0.3, 0.4) is 0 Å². The van der Waals surface area contributed by atoms with Crippen LogP contribution in [0.15, 0.2) is 29.2 Å². The van der Waals surface area contributed by atoms with Crippen molar-refractivity contribution in [1.82, 2.24) is 14.9 Å². The van der Waals surface area contributed by atoms with Gasteiger partial charge in [-0.25, -0.2) is 8.42 Å². The highest BCUT2D eigenvalue weighted by Gasteiger charge is 2.34. The molecule has 27 heavy (non-hydrogen) atoms. The number of carbonyl (C=O) groups is 1. The molecule has 0 bridgehead atoms. The normalized spacial score (nSPS) is 22.3. The molecule has 2 aliphatic heterocycles. The predicted molar refractivity (Wildman–Crippen MR) is 98.6 cm³/mol. The lowest BCUT2D eigenvalue weighted by Gasteiger charge is -2.32. The lowest BCUT2D eigenvalue weighted by atomic mass is 9.97. The monoisotopic (exact) mass is 396 g/mol. The average molecular weight is 396 g/mol. The second-order valence-corrected chi connectivity index (χ2v) is 8.92. The van der Waals surface area contributed by atoms with Gasteiger partial charge in [0, 0.05) is 31.3 Å². The molecule has 0 aromatic heterocycles. The Balaban J connectivity index is 1.67. The van der Waals surface area contributed by atoms with Crippen LogP contribution >= 0.6 is 0 Å². The van der Waals surface area contributed by atoms with Crippen molar-refractivity contribution >= 4 is 21.6 Å². The average Bonchev–Trinajstić information content (AvgIpc) is 2.69. The minimum Gasteiger partial charge on any atom is -0.353 e. The molecular formula is C17H24N4O5S. The van der Waals surface area contributed by atoms with Crippen LogP contribution in [-0.4, -0.2) is 55.8 Å². The fraction of sp³-hybridized carbons (Fsp3) is 0.588. The molecule has 2 fully saturated rings. The lowest BCUT2D eigenvalue weighted by molar-refractivity contribution is -0.384. The quantitative estimate of drug-likeness (QED) is 0.562. The Labute approximate surface area is 158 Å². The summed E-state index contributed by atoms with van der Waals surface area (Å²) in [7, 11) is -3.78. The summed E-state index contributed by atoms with van der Waals surface area (Å²) < 4.78 is 27.0. The van der Waals surface area contributed by atoms with E-state index in [1.807, 2.05) is 0 Å². The number of hydrogen-bond acceptors (Lipinski definition) is 6. The van der Waals surface area contributed by atoms with E-state index in [1.165, 1.54) is 28.6 Å². The molecule has 3 rings (SSSR count). The Morgan fingerprint density at radius 1 is 1.19 bits per heavy atom. The van der Waals surface area contributed by atoms with Crippen LogP contribution in [0.5, 0.6) is 0 Å². The van der Waals surface area contributed by atoms with E-state index in [0.717, 1.165) is 25.9 Å². The molecule has 1 amide bonds. The van der Waals surface area contributed by atoms with E-state index >= 15 is 0 Å². The number of nitrogens with zero attached hydrogens (tertiary/aromatic N) is 2. The third-order valence-electron chi connectivity index (χ3n) is 5.13. The molecule has 2 saturated heterocycles. The van der Waals surface area contributed by atoms with E-state index in [9.17, 15) is 23.3 Å². The molecule has 0 radical (unpaired) electrons. The van der Waals surface area contributed by atoms with Crippen molar-refractivity contribution in [3.8, 4) is 0 Å². The summed E-state index contributed by atoms with van der Waals surface area (Å²) in [6.45, 7) is 2.22. The molecule has 9 nitrogen and oxygen atoms in total. The highest BCUT2D eigenvalue weighted by molar-refractivity contribution is 7.89. The van der Waals surface area contributed by atoms with Crippen molar-refractivity contribution in [1.29, 1.82) is 0 Å². The topological polar surface area (TPSA) is 122 Å². The van der Waals surface area contributed by atoms with Crippen molar-refractivity contribution in [3.05, 3.63) is 34.4 Å². The zero-order chi connectivity index (χ0) is 19.4. The second kappa shape index (κ2) is 8.32. The summed E-state index contributed by atoms with van der Waals surface area (Å²) in [5.74, 6) is -0.466. The number of nitro groups is 1. The van der Waals surface area contributed by atoms with Crippen molar-refractivity contribution in [3.63, 3.8) is 0 Å². The van der Waals surface area contributed by atoms with E-state index in [0.29, 0.717) is 19.4 Å². The van der Waals surface area contributed by atoms with Gasteiger partial charge < -0.3 is 10.6 Å². The maximum absolute atomic E-state index is 12.8. The van der Waals surface area contributed by atoms with Crippen LogP contribution in [0.25, 0.3) is 0 Å². The molecule has 1 unspecified atom stereocenters. The molecule has 1 aromatic rings. The first-order valence-electron chi connectivity index (χ1n) is 9.13. The number of piperidine rings is 2. The van der Waals surface area contributed by atoms with Gasteiger partial charge in [-0.15, -0.1) is 0 Å². The van der Waals surface area contributed by atoms with Crippen molar-refractivity contribution in [2.45, 2.75) is 36.6 Å². The maximum Gasteiger partial charge on any atom is 0.269 e. The zero-order valence-corrected chi connectivity index (χ0v) is 15.8. The summed E-state index contributed by atoms with van der Waals surface area (Å²) in [5, 5.41) is 17.0. The number of non-ortho nitro benzene ring substituents is 1. The number of benzene rings is 1. The van der Waals surface area contributed by atoms with Gasteiger partial charge in [0.1, 0.15) is 0 Å². The Morgan fingerprint density at radius 2 is 1.85 bits per heavy atom. The third kappa shape index (κ3) is 4.63. The number of rotatable bonds is 5. The summed E-state index contributed by atoms with van der Waals surface area (Å²) in [6, 6.07) is 4.98. The molecule has 2 aliphatic rings. The van der Waals surface area contributed by atoms with Crippen LogP contribution in [0.1, 0.15) is 25.7 Å². The van der Waals surface area contributed by atoms with Gasteiger partial charge in [-0.1, -0.05) is 0 Å². The lowest BCUT2D eigenvalue weighted by Crippen LogP contribution is -2.49. The maximum atomic E-state index is 12.8. The van der Waals surface area contributed by atoms with Gasteiger partial charge in [-0.05, 0) is 50.9 Å². The molecule has 0 saturated carbocycles. The van der Waals surface area contributed by atoms with E-state index in [1.54, 1.807) is 0 Å². The number of carbonyl (C=O) groups excluding carboxylic acids is 1. The predicted octanol–water partition coefficient (Wildman–Crippen LogP) is 0.864. The number of sulfonamides is 1. The first-order chi connectivity index (χ1) is 12.9. The highest BCUT2D eigenvalue weighted by Crippen LogP contribution is 2.25. The van der Waals surface area contributed by atoms with Crippen LogP contribution in [0.2, 0.25) is 0 Å². The van der Waals surface area contributed by atoms with Crippen LogP contribution in [0.4, 0.5) is 5.69 Å². The number of nitrogens with one attached hydrogen (secondary N) is 2. The van der Waals surface area contributed by atoms with Gasteiger partial charge in [-0.3, -0.25) is 14.9 Å². The van der Waals surface area contributed by atoms with E-state index in [2.05, 4.69) is 10.6 Å². The fourth-order valence-electron chi connectivity index (χ4n) is 3.55. The van der Waals surface area contributed by atoms with Crippen LogP contribution < -0.4 is 10.6 Å². The van der Waals surface area contributed by atoms with Crippen molar-refractivity contribution in [2.75, 3.05) is 26.2 Å². The Bertz CT molecular complexity index is 790. The summed E-state index contributed by atoms with van der Waals surface area (Å²) in [4.78, 5) is 22.7. The highest BCUT2D eigenvalue weighted by atomic mass is 32.2. The number of nitro benzene ring substituents is 1. The molecule has 1 atom stereocenters. The van der Waals surface area contributed by atoms with Gasteiger partial charge in [0.2, 0.25) is 15.9 Å². The summed E-state index contributed by atoms with van der Waals surface area (Å²) in [5.41, 5.74) is -0.160. The van der Waals surface area contributed by atoms with Crippen LogP contribution in [0, 0.1) is 16.0 Å². The summed E-state index contributed by atoms with van der Waals surface area (Å²) >= 11 is 0. The van der Waals surface area contributed by atoms with Gasteiger partial charge in [-0.2, -0.15) is 4.31 Å². The van der Waals surface area contributed by atoms with E-state index < -0.39 is 14.9 Å². The van der Waals surface area contributed by atoms with Gasteiger partial charge in [0.25, 0.3) is 5.69 Å². The molecule has 10 heteroatoms.